The predicted octanol–water partition coefficient (Wildman–Crippen LogP) is 5.10. The number of benzene rings is 1. The van der Waals surface area contributed by atoms with Gasteiger partial charge in [-0.3, -0.25) is 4.79 Å². The van der Waals surface area contributed by atoms with Gasteiger partial charge >= 0.3 is 6.18 Å². The quantitative estimate of drug-likeness (QED) is 0.618. The minimum absolute atomic E-state index is 0.0805. The normalized spacial score (nSPS) is 28.2. The highest BCUT2D eigenvalue weighted by Crippen LogP contribution is 2.48. The van der Waals surface area contributed by atoms with Gasteiger partial charge in [0.15, 0.2) is 0 Å². The number of rotatable bonds is 4. The zero-order valence-electron chi connectivity index (χ0n) is 19.0. The second kappa shape index (κ2) is 8.80. The highest BCUT2D eigenvalue weighted by molar-refractivity contribution is 5.84. The van der Waals surface area contributed by atoms with Crippen LogP contribution in [0.4, 0.5) is 22.0 Å². The molecule has 2 fully saturated rings. The van der Waals surface area contributed by atoms with Gasteiger partial charge in [-0.15, -0.1) is 0 Å². The molecule has 1 N–H and O–H groups in total. The average molecular weight is 475 g/mol. The molecule has 1 saturated heterocycles. The fourth-order valence-electron chi connectivity index (χ4n) is 5.68. The van der Waals surface area contributed by atoms with Crippen molar-refractivity contribution >= 4 is 5.91 Å². The van der Waals surface area contributed by atoms with Gasteiger partial charge in [-0.05, 0) is 55.7 Å². The third-order valence-electron chi connectivity index (χ3n) is 7.64. The van der Waals surface area contributed by atoms with E-state index in [1.807, 2.05) is 13.8 Å². The van der Waals surface area contributed by atoms with E-state index in [-0.39, 0.29) is 30.0 Å². The van der Waals surface area contributed by atoms with E-state index in [0.29, 0.717) is 38.2 Å². The molecule has 4 nitrogen and oxygen atoms in total. The molecule has 0 spiro atoms. The maximum Gasteiger partial charge on any atom is 0.416 e. The first kappa shape index (κ1) is 24.4. The average Bonchev–Trinajstić information content (AvgIpc) is 3.17. The number of hydrogen-bond acceptors (Lipinski definition) is 3. The minimum Gasteiger partial charge on any atom is -0.381 e. The zero-order chi connectivity index (χ0) is 24.0. The summed E-state index contributed by atoms with van der Waals surface area (Å²) < 4.78 is 74.8. The molecule has 2 heterocycles. The van der Waals surface area contributed by atoms with Gasteiger partial charge in [0, 0.05) is 37.4 Å². The lowest BCUT2D eigenvalue weighted by Gasteiger charge is -2.42. The zero-order valence-corrected chi connectivity index (χ0v) is 19.0. The van der Waals surface area contributed by atoms with Crippen LogP contribution in [0.3, 0.4) is 0 Å². The number of nitrogens with one attached hydrogen (secondary N) is 1. The van der Waals surface area contributed by atoms with Crippen molar-refractivity contribution in [2.24, 2.45) is 11.3 Å². The fourth-order valence-corrected chi connectivity index (χ4v) is 5.68. The smallest absolute Gasteiger partial charge is 0.381 e. The number of ether oxygens (including phenoxy) is 1. The molecule has 0 bridgehead atoms. The van der Waals surface area contributed by atoms with Gasteiger partial charge in [-0.25, -0.2) is 0 Å². The summed E-state index contributed by atoms with van der Waals surface area (Å²) in [6.45, 7) is 4.19. The van der Waals surface area contributed by atoms with Gasteiger partial charge in [0.2, 0.25) is 5.91 Å². The molecule has 0 unspecified atom stereocenters. The Bertz CT molecular complexity index is 882. The first-order valence-electron chi connectivity index (χ1n) is 11.6. The van der Waals surface area contributed by atoms with Crippen LogP contribution in [0.15, 0.2) is 18.2 Å². The van der Waals surface area contributed by atoms with Crippen LogP contribution in [0.5, 0.6) is 0 Å². The van der Waals surface area contributed by atoms with Gasteiger partial charge in [-0.1, -0.05) is 19.9 Å². The summed E-state index contributed by atoms with van der Waals surface area (Å²) in [7, 11) is 0. The number of carbonyl (C=O) groups excluding carboxylic acids is 1. The van der Waals surface area contributed by atoms with Gasteiger partial charge in [0.05, 0.1) is 17.5 Å². The van der Waals surface area contributed by atoms with Crippen molar-refractivity contribution in [1.29, 1.82) is 0 Å². The largest absolute Gasteiger partial charge is 0.416 e. The van der Waals surface area contributed by atoms with Crippen LogP contribution in [0.2, 0.25) is 0 Å². The van der Waals surface area contributed by atoms with E-state index in [1.54, 1.807) is 0 Å². The van der Waals surface area contributed by atoms with E-state index in [9.17, 15) is 26.7 Å². The molecule has 1 amide bonds. The van der Waals surface area contributed by atoms with Crippen LogP contribution in [-0.2, 0) is 28.2 Å². The molecule has 1 aromatic rings. The summed E-state index contributed by atoms with van der Waals surface area (Å²) in [5, 5.41) is 3.62. The summed E-state index contributed by atoms with van der Waals surface area (Å²) >= 11 is 0. The molecule has 1 aromatic carbocycles. The van der Waals surface area contributed by atoms with Crippen molar-refractivity contribution < 1.29 is 31.5 Å². The fraction of sp³-hybridized carbons (Fsp3) is 0.708. The molecule has 0 aromatic heterocycles. The predicted molar refractivity (Wildman–Crippen MR) is 113 cm³/mol. The first-order chi connectivity index (χ1) is 15.4. The SMILES string of the molecule is CC(C)[C@]1(C(=O)N2Cc3cc(C(F)(F)F)ccc3C(F)(F)C2)CC[C@@H](NC2CCOCC2)C1. The van der Waals surface area contributed by atoms with Crippen molar-refractivity contribution in [3.05, 3.63) is 34.9 Å². The Kier molecular flexibility index (Phi) is 6.50. The maximum atomic E-state index is 14.9. The molecule has 2 atom stereocenters. The van der Waals surface area contributed by atoms with Gasteiger partial charge in [-0.2, -0.15) is 22.0 Å². The number of carbonyl (C=O) groups is 1. The van der Waals surface area contributed by atoms with Gasteiger partial charge in [0.1, 0.15) is 0 Å². The minimum atomic E-state index is -4.63. The van der Waals surface area contributed by atoms with E-state index >= 15 is 0 Å². The summed E-state index contributed by atoms with van der Waals surface area (Å²) in [6, 6.07) is 2.71. The van der Waals surface area contributed by atoms with Crippen molar-refractivity contribution in [1.82, 2.24) is 10.2 Å². The van der Waals surface area contributed by atoms with Crippen LogP contribution in [0, 0.1) is 11.3 Å². The lowest BCUT2D eigenvalue weighted by molar-refractivity contribution is -0.154. The third kappa shape index (κ3) is 4.76. The molecule has 2 aliphatic heterocycles. The number of alkyl halides is 5. The monoisotopic (exact) mass is 474 g/mol. The van der Waals surface area contributed by atoms with Gasteiger partial charge < -0.3 is 15.0 Å². The van der Waals surface area contributed by atoms with E-state index in [0.717, 1.165) is 36.3 Å². The molecule has 9 heteroatoms. The van der Waals surface area contributed by atoms with Crippen molar-refractivity contribution in [3.8, 4) is 0 Å². The van der Waals surface area contributed by atoms with E-state index in [4.69, 9.17) is 4.74 Å². The molecular weight excluding hydrogens is 443 g/mol. The van der Waals surface area contributed by atoms with Crippen LogP contribution in [0.25, 0.3) is 0 Å². The second-order valence-corrected chi connectivity index (χ2v) is 10.0. The van der Waals surface area contributed by atoms with Crippen molar-refractivity contribution in [2.75, 3.05) is 19.8 Å². The van der Waals surface area contributed by atoms with Gasteiger partial charge in [0.25, 0.3) is 5.92 Å². The molecule has 4 rings (SSSR count). The third-order valence-corrected chi connectivity index (χ3v) is 7.64. The lowest BCUT2D eigenvalue weighted by Crippen LogP contribution is -2.51. The van der Waals surface area contributed by atoms with Crippen molar-refractivity contribution in [2.45, 2.75) is 76.7 Å². The number of fused-ring (bicyclic) bond motifs is 1. The molecule has 0 radical (unpaired) electrons. The molecule has 1 saturated carbocycles. The Morgan fingerprint density at radius 1 is 1.15 bits per heavy atom. The molecule has 1 aliphatic carbocycles. The van der Waals surface area contributed by atoms with E-state index in [1.165, 1.54) is 0 Å². The van der Waals surface area contributed by atoms with Crippen LogP contribution < -0.4 is 5.32 Å². The Morgan fingerprint density at radius 3 is 2.48 bits per heavy atom. The summed E-state index contributed by atoms with van der Waals surface area (Å²) in [6.07, 6.45) is -0.962. The van der Waals surface area contributed by atoms with E-state index in [2.05, 4.69) is 5.32 Å². The number of hydrogen-bond donors (Lipinski definition) is 1. The summed E-state index contributed by atoms with van der Waals surface area (Å²) in [5.41, 5.74) is -2.35. The molecule has 33 heavy (non-hydrogen) atoms. The molecular formula is C24H31F5N2O2. The summed E-state index contributed by atoms with van der Waals surface area (Å²) in [5.74, 6) is -3.86. The van der Waals surface area contributed by atoms with Crippen LogP contribution >= 0.6 is 0 Å². The van der Waals surface area contributed by atoms with Crippen molar-refractivity contribution in [3.63, 3.8) is 0 Å². The Morgan fingerprint density at radius 2 is 1.85 bits per heavy atom. The Labute approximate surface area is 190 Å². The standard InChI is InChI=1S/C24H31F5N2O2/c1-15(2)22(8-5-19(12-22)30-18-6-9-33-10-7-18)21(32)31-13-16-11-17(24(27,28)29)3-4-20(16)23(25,26)14-31/h3-4,11,15,18-19,30H,5-10,12-14H2,1-2H3/t19-,22+/m1/s1. The highest BCUT2D eigenvalue weighted by Gasteiger charge is 2.52. The number of nitrogens with zero attached hydrogens (tertiary/aromatic N) is 1. The first-order valence-corrected chi connectivity index (χ1v) is 11.6. The maximum absolute atomic E-state index is 14.9. The highest BCUT2D eigenvalue weighted by atomic mass is 19.4. The Hall–Kier alpha value is -1.74. The van der Waals surface area contributed by atoms with Crippen LogP contribution in [-0.4, -0.2) is 42.6 Å². The van der Waals surface area contributed by atoms with Crippen LogP contribution in [0.1, 0.15) is 62.6 Å². The topological polar surface area (TPSA) is 41.6 Å². The number of amides is 1. The molecule has 184 valence electrons. The molecule has 3 aliphatic rings. The number of halogens is 5. The lowest BCUT2D eigenvalue weighted by atomic mass is 9.73. The Balaban J connectivity index is 1.55. The second-order valence-electron chi connectivity index (χ2n) is 10.0. The van der Waals surface area contributed by atoms with E-state index < -0.39 is 35.2 Å². The summed E-state index contributed by atoms with van der Waals surface area (Å²) in [4.78, 5) is 14.8.